The topological polar surface area (TPSA) is 69.6 Å². The minimum absolute atomic E-state index is 0.220. The summed E-state index contributed by atoms with van der Waals surface area (Å²) in [6.45, 7) is 4.82. The summed E-state index contributed by atoms with van der Waals surface area (Å²) in [6, 6.07) is 1.78. The molecule has 2 heterocycles. The zero-order valence-corrected chi connectivity index (χ0v) is 9.46. The van der Waals surface area contributed by atoms with Crippen molar-refractivity contribution in [1.82, 2.24) is 19.7 Å². The first-order valence-corrected chi connectivity index (χ1v) is 5.27. The molecule has 2 N–H and O–H groups in total. The van der Waals surface area contributed by atoms with Crippen molar-refractivity contribution in [1.29, 1.82) is 0 Å². The van der Waals surface area contributed by atoms with Gasteiger partial charge in [-0.3, -0.25) is 4.68 Å². The van der Waals surface area contributed by atoms with E-state index in [1.807, 2.05) is 24.6 Å². The fraction of sp³-hybridized carbons (Fsp3) is 0.364. The summed E-state index contributed by atoms with van der Waals surface area (Å²) in [5.41, 5.74) is 9.04. The first-order valence-electron chi connectivity index (χ1n) is 5.27. The van der Waals surface area contributed by atoms with Crippen molar-refractivity contribution in [2.45, 2.75) is 26.4 Å². The number of rotatable bonds is 3. The van der Waals surface area contributed by atoms with Crippen LogP contribution < -0.4 is 5.73 Å². The van der Waals surface area contributed by atoms with E-state index in [-0.39, 0.29) is 6.04 Å². The largest absolute Gasteiger partial charge is 0.319 e. The predicted molar refractivity (Wildman–Crippen MR) is 60.7 cm³/mol. The van der Waals surface area contributed by atoms with Crippen LogP contribution in [0.15, 0.2) is 24.8 Å². The summed E-state index contributed by atoms with van der Waals surface area (Å²) in [5.74, 6) is 0. The van der Waals surface area contributed by atoms with Gasteiger partial charge in [-0.1, -0.05) is 0 Å². The van der Waals surface area contributed by atoms with E-state index in [1.54, 1.807) is 12.4 Å². The molecule has 16 heavy (non-hydrogen) atoms. The fourth-order valence-corrected chi connectivity index (χ4v) is 1.71. The van der Waals surface area contributed by atoms with Crippen molar-refractivity contribution in [3.8, 4) is 0 Å². The molecule has 2 aromatic rings. The van der Waals surface area contributed by atoms with Crippen molar-refractivity contribution in [3.05, 3.63) is 41.7 Å². The molecule has 0 aromatic carbocycles. The van der Waals surface area contributed by atoms with Gasteiger partial charge in [0.25, 0.3) is 0 Å². The van der Waals surface area contributed by atoms with E-state index in [4.69, 9.17) is 5.73 Å². The number of aromatic nitrogens is 4. The van der Waals surface area contributed by atoms with Crippen LogP contribution in [0.2, 0.25) is 0 Å². The van der Waals surface area contributed by atoms with Crippen molar-refractivity contribution in [2.75, 3.05) is 0 Å². The third-order valence-corrected chi connectivity index (χ3v) is 2.49. The Labute approximate surface area is 94.3 Å². The van der Waals surface area contributed by atoms with Gasteiger partial charge in [-0.05, 0) is 19.9 Å². The molecule has 0 aliphatic heterocycles. The van der Waals surface area contributed by atoms with Crippen molar-refractivity contribution >= 4 is 0 Å². The molecule has 0 spiro atoms. The molecule has 0 fully saturated rings. The molecule has 0 saturated carbocycles. The number of nitrogens with two attached hydrogens (primary N) is 1. The standard InChI is InChI=1S/C11H15N5/c1-3-16-10(4-8(2)15-16)11(12)9-5-13-7-14-6-9/h4-7,11H,3,12H2,1-2H3. The highest BCUT2D eigenvalue weighted by Gasteiger charge is 2.14. The fourth-order valence-electron chi connectivity index (χ4n) is 1.71. The Bertz CT molecular complexity index is 462. The van der Waals surface area contributed by atoms with Crippen molar-refractivity contribution in [3.63, 3.8) is 0 Å². The van der Waals surface area contributed by atoms with Gasteiger partial charge in [0.1, 0.15) is 6.33 Å². The van der Waals surface area contributed by atoms with Gasteiger partial charge in [0.2, 0.25) is 0 Å². The highest BCUT2D eigenvalue weighted by molar-refractivity contribution is 5.24. The maximum absolute atomic E-state index is 6.17. The second-order valence-electron chi connectivity index (χ2n) is 3.68. The monoisotopic (exact) mass is 217 g/mol. The zero-order valence-electron chi connectivity index (χ0n) is 9.46. The lowest BCUT2D eigenvalue weighted by Gasteiger charge is -2.12. The molecule has 1 atom stereocenters. The molecule has 0 aliphatic rings. The third-order valence-electron chi connectivity index (χ3n) is 2.49. The van der Waals surface area contributed by atoms with Crippen LogP contribution in [0, 0.1) is 6.92 Å². The van der Waals surface area contributed by atoms with Gasteiger partial charge in [-0.25, -0.2) is 9.97 Å². The van der Waals surface area contributed by atoms with Crippen LogP contribution in [-0.2, 0) is 6.54 Å². The Balaban J connectivity index is 2.37. The molecule has 2 aromatic heterocycles. The average Bonchev–Trinajstić information content (AvgIpc) is 2.70. The molecule has 0 amide bonds. The average molecular weight is 217 g/mol. The normalized spacial score (nSPS) is 12.7. The Morgan fingerprint density at radius 1 is 1.38 bits per heavy atom. The van der Waals surface area contributed by atoms with Crippen LogP contribution in [0.4, 0.5) is 0 Å². The predicted octanol–water partition coefficient (Wildman–Crippen LogP) is 1.05. The van der Waals surface area contributed by atoms with Gasteiger partial charge >= 0.3 is 0 Å². The molecular weight excluding hydrogens is 202 g/mol. The van der Waals surface area contributed by atoms with Crippen LogP contribution in [0.3, 0.4) is 0 Å². The lowest BCUT2D eigenvalue weighted by molar-refractivity contribution is 0.596. The molecule has 5 nitrogen and oxygen atoms in total. The minimum atomic E-state index is -0.220. The summed E-state index contributed by atoms with van der Waals surface area (Å²) < 4.78 is 1.91. The Morgan fingerprint density at radius 3 is 2.69 bits per heavy atom. The highest BCUT2D eigenvalue weighted by atomic mass is 15.3. The lowest BCUT2D eigenvalue weighted by atomic mass is 10.1. The lowest BCUT2D eigenvalue weighted by Crippen LogP contribution is -2.17. The van der Waals surface area contributed by atoms with Crippen LogP contribution in [0.5, 0.6) is 0 Å². The van der Waals surface area contributed by atoms with Crippen LogP contribution in [0.25, 0.3) is 0 Å². The summed E-state index contributed by atoms with van der Waals surface area (Å²) in [5, 5.41) is 4.37. The summed E-state index contributed by atoms with van der Waals surface area (Å²) in [4.78, 5) is 7.95. The molecular formula is C11H15N5. The number of hydrogen-bond acceptors (Lipinski definition) is 4. The van der Waals surface area contributed by atoms with Crippen LogP contribution in [-0.4, -0.2) is 19.7 Å². The number of nitrogens with zero attached hydrogens (tertiary/aromatic N) is 4. The van der Waals surface area contributed by atoms with E-state index >= 15 is 0 Å². The van der Waals surface area contributed by atoms with E-state index in [0.29, 0.717) is 0 Å². The molecule has 1 unspecified atom stereocenters. The van der Waals surface area contributed by atoms with Gasteiger partial charge in [-0.15, -0.1) is 0 Å². The number of hydrogen-bond donors (Lipinski definition) is 1. The van der Waals surface area contributed by atoms with Crippen LogP contribution in [0.1, 0.15) is 29.9 Å². The van der Waals surface area contributed by atoms with E-state index in [2.05, 4.69) is 15.1 Å². The maximum Gasteiger partial charge on any atom is 0.115 e. The van der Waals surface area contributed by atoms with Gasteiger partial charge in [-0.2, -0.15) is 5.10 Å². The van der Waals surface area contributed by atoms with Gasteiger partial charge in [0, 0.05) is 24.5 Å². The van der Waals surface area contributed by atoms with Gasteiger partial charge < -0.3 is 5.73 Å². The van der Waals surface area contributed by atoms with E-state index in [0.717, 1.165) is 23.5 Å². The first-order chi connectivity index (χ1) is 7.72. The SMILES string of the molecule is CCn1nc(C)cc1C(N)c1cncnc1. The first kappa shape index (κ1) is 10.8. The quantitative estimate of drug-likeness (QED) is 0.834. The second kappa shape index (κ2) is 4.40. The smallest absolute Gasteiger partial charge is 0.115 e. The van der Waals surface area contributed by atoms with Crippen molar-refractivity contribution in [2.24, 2.45) is 5.73 Å². The molecule has 0 aliphatic carbocycles. The van der Waals surface area contributed by atoms with Gasteiger partial charge in [0.05, 0.1) is 17.4 Å². The van der Waals surface area contributed by atoms with Gasteiger partial charge in [0.15, 0.2) is 0 Å². The highest BCUT2D eigenvalue weighted by Crippen LogP contribution is 2.18. The summed E-state index contributed by atoms with van der Waals surface area (Å²) in [7, 11) is 0. The molecule has 84 valence electrons. The maximum atomic E-state index is 6.17. The summed E-state index contributed by atoms with van der Waals surface area (Å²) in [6.07, 6.45) is 4.97. The van der Waals surface area contributed by atoms with E-state index < -0.39 is 0 Å². The molecule has 2 rings (SSSR count). The molecule has 0 radical (unpaired) electrons. The molecule has 0 saturated heterocycles. The Hall–Kier alpha value is -1.75. The molecule has 5 heteroatoms. The number of aryl methyl sites for hydroxylation is 2. The van der Waals surface area contributed by atoms with E-state index in [1.165, 1.54) is 6.33 Å². The second-order valence-corrected chi connectivity index (χ2v) is 3.68. The zero-order chi connectivity index (χ0) is 11.5. The third kappa shape index (κ3) is 1.94. The Morgan fingerprint density at radius 2 is 2.06 bits per heavy atom. The van der Waals surface area contributed by atoms with E-state index in [9.17, 15) is 0 Å². The van der Waals surface area contributed by atoms with Crippen molar-refractivity contribution < 1.29 is 0 Å². The van der Waals surface area contributed by atoms with Crippen LogP contribution >= 0.6 is 0 Å². The Kier molecular flexibility index (Phi) is 2.96. The molecule has 0 bridgehead atoms. The minimum Gasteiger partial charge on any atom is -0.319 e. The summed E-state index contributed by atoms with van der Waals surface area (Å²) >= 11 is 0.